The molecule has 1 saturated heterocycles. The van der Waals surface area contributed by atoms with Gasteiger partial charge >= 0.3 is 0 Å². The highest BCUT2D eigenvalue weighted by Gasteiger charge is 2.30. The molecule has 2 rings (SSSR count). The zero-order valence-corrected chi connectivity index (χ0v) is 18.2. The third-order valence-corrected chi connectivity index (χ3v) is 6.47. The summed E-state index contributed by atoms with van der Waals surface area (Å²) < 4.78 is 26.5. The van der Waals surface area contributed by atoms with E-state index in [4.69, 9.17) is 0 Å². The van der Waals surface area contributed by atoms with Gasteiger partial charge in [-0.15, -0.1) is 0 Å². The van der Waals surface area contributed by atoms with E-state index >= 15 is 0 Å². The summed E-state index contributed by atoms with van der Waals surface area (Å²) in [5.74, 6) is -0.0941. The van der Waals surface area contributed by atoms with Crippen LogP contribution in [0.2, 0.25) is 0 Å². The van der Waals surface area contributed by atoms with Crippen molar-refractivity contribution >= 4 is 22.0 Å². The summed E-state index contributed by atoms with van der Waals surface area (Å²) in [4.78, 5) is 14.6. The Bertz CT molecular complexity index is 765. The normalized spacial score (nSPS) is 17.3. The highest BCUT2D eigenvalue weighted by atomic mass is 32.2. The van der Waals surface area contributed by atoms with Gasteiger partial charge in [0.15, 0.2) is 0 Å². The van der Waals surface area contributed by atoms with Gasteiger partial charge in [0.05, 0.1) is 0 Å². The summed E-state index contributed by atoms with van der Waals surface area (Å²) in [5.41, 5.74) is 0.839. The van der Waals surface area contributed by atoms with Crippen LogP contribution in [0.3, 0.4) is 0 Å². The fourth-order valence-corrected chi connectivity index (χ4v) is 4.79. The first-order chi connectivity index (χ1) is 13.1. The molecule has 1 fully saturated rings. The molecule has 1 aromatic rings. The van der Waals surface area contributed by atoms with Gasteiger partial charge in [0.25, 0.3) is 0 Å². The highest BCUT2D eigenvalue weighted by molar-refractivity contribution is 7.92. The highest BCUT2D eigenvalue weighted by Crippen LogP contribution is 2.22. The number of amides is 1. The first kappa shape index (κ1) is 22.6. The van der Waals surface area contributed by atoms with Crippen LogP contribution >= 0.6 is 0 Å². The summed E-state index contributed by atoms with van der Waals surface area (Å²) in [5, 5.41) is 4.31. The molecule has 0 unspecified atom stereocenters. The lowest BCUT2D eigenvalue weighted by Gasteiger charge is -2.32. The number of carbonyl (C=O) groups is 1. The van der Waals surface area contributed by atoms with Crippen LogP contribution in [-0.4, -0.2) is 63.8 Å². The van der Waals surface area contributed by atoms with Gasteiger partial charge in [-0.1, -0.05) is 44.2 Å². The molecule has 6 nitrogen and oxygen atoms in total. The minimum absolute atomic E-state index is 0.00850. The molecule has 0 bridgehead atoms. The van der Waals surface area contributed by atoms with Gasteiger partial charge in [0.1, 0.15) is 0 Å². The van der Waals surface area contributed by atoms with Crippen LogP contribution in [0.1, 0.15) is 32.3 Å². The molecule has 1 heterocycles. The molecule has 0 saturated carbocycles. The largest absolute Gasteiger partial charge is 0.355 e. The minimum Gasteiger partial charge on any atom is -0.355 e. The second kappa shape index (κ2) is 9.67. The molecule has 0 radical (unpaired) electrons. The van der Waals surface area contributed by atoms with Crippen molar-refractivity contribution in [1.29, 1.82) is 0 Å². The Balaban J connectivity index is 1.84. The third-order valence-electron chi connectivity index (χ3n) is 4.90. The molecule has 1 aliphatic rings. The van der Waals surface area contributed by atoms with Gasteiger partial charge in [-0.05, 0) is 44.0 Å². The number of hydrogen-bond donors (Lipinski definition) is 1. The summed E-state index contributed by atoms with van der Waals surface area (Å²) in [7, 11) is 0.576. The SMILES string of the molecule is CN(C)CC(C)(C)CNC(=O)C1CCN(S(=O)(=O)/C=C/c2ccccc2)CC1. The number of sulfonamides is 1. The van der Waals surface area contributed by atoms with Crippen LogP contribution in [0.5, 0.6) is 0 Å². The Morgan fingerprint density at radius 2 is 1.82 bits per heavy atom. The van der Waals surface area contributed by atoms with Gasteiger partial charge in [-0.25, -0.2) is 8.42 Å². The monoisotopic (exact) mass is 407 g/mol. The van der Waals surface area contributed by atoms with Crippen molar-refractivity contribution < 1.29 is 13.2 Å². The number of carbonyl (C=O) groups excluding carboxylic acids is 1. The standard InChI is InChI=1S/C21H33N3O3S/c1-21(2,17-23(3)4)16-22-20(25)19-10-13-24(14-11-19)28(26,27)15-12-18-8-6-5-7-9-18/h5-9,12,15,19H,10-11,13-14,16-17H2,1-4H3,(H,22,25)/b15-12+. The van der Waals surface area contributed by atoms with Crippen molar-refractivity contribution in [2.45, 2.75) is 26.7 Å². The molecule has 1 aromatic carbocycles. The van der Waals surface area contributed by atoms with Crippen LogP contribution in [0.4, 0.5) is 0 Å². The number of piperidine rings is 1. The van der Waals surface area contributed by atoms with E-state index in [-0.39, 0.29) is 17.2 Å². The quantitative estimate of drug-likeness (QED) is 0.718. The van der Waals surface area contributed by atoms with E-state index in [1.807, 2.05) is 44.4 Å². The topological polar surface area (TPSA) is 69.7 Å². The Morgan fingerprint density at radius 1 is 1.21 bits per heavy atom. The predicted molar refractivity (Wildman–Crippen MR) is 114 cm³/mol. The summed E-state index contributed by atoms with van der Waals surface area (Å²) in [6.07, 6.45) is 2.72. The molecule has 1 N–H and O–H groups in total. The van der Waals surface area contributed by atoms with Crippen LogP contribution in [0.25, 0.3) is 6.08 Å². The lowest BCUT2D eigenvalue weighted by atomic mass is 9.91. The van der Waals surface area contributed by atoms with E-state index in [0.717, 1.165) is 12.1 Å². The maximum Gasteiger partial charge on any atom is 0.236 e. The summed E-state index contributed by atoms with van der Waals surface area (Å²) in [6, 6.07) is 9.36. The van der Waals surface area contributed by atoms with Crippen molar-refractivity contribution in [2.24, 2.45) is 11.3 Å². The lowest BCUT2D eigenvalue weighted by Crippen LogP contribution is -2.45. The fraction of sp³-hybridized carbons (Fsp3) is 0.571. The summed E-state index contributed by atoms with van der Waals surface area (Å²) >= 11 is 0. The third kappa shape index (κ3) is 7.04. The second-order valence-corrected chi connectivity index (χ2v) is 10.4. The number of hydrogen-bond acceptors (Lipinski definition) is 4. The number of rotatable bonds is 8. The summed E-state index contributed by atoms with van der Waals surface area (Å²) in [6.45, 7) is 6.50. The average molecular weight is 408 g/mol. The van der Waals surface area contributed by atoms with E-state index < -0.39 is 10.0 Å². The molecular formula is C21H33N3O3S. The first-order valence-corrected chi connectivity index (χ1v) is 11.3. The van der Waals surface area contributed by atoms with Crippen molar-refractivity contribution in [1.82, 2.24) is 14.5 Å². The Labute approximate surface area is 169 Å². The zero-order chi connectivity index (χ0) is 20.8. The first-order valence-electron chi connectivity index (χ1n) is 9.75. The van der Waals surface area contributed by atoms with E-state index in [1.165, 1.54) is 9.71 Å². The number of nitrogens with one attached hydrogen (secondary N) is 1. The van der Waals surface area contributed by atoms with Crippen LogP contribution in [0, 0.1) is 11.3 Å². The molecule has 1 amide bonds. The van der Waals surface area contributed by atoms with Crippen LogP contribution < -0.4 is 5.32 Å². The zero-order valence-electron chi connectivity index (χ0n) is 17.4. The second-order valence-electron chi connectivity index (χ2n) is 8.55. The molecule has 0 atom stereocenters. The van der Waals surface area contributed by atoms with Crippen LogP contribution in [-0.2, 0) is 14.8 Å². The minimum atomic E-state index is -3.46. The van der Waals surface area contributed by atoms with E-state index in [0.29, 0.717) is 32.5 Å². The van der Waals surface area contributed by atoms with Gasteiger partial charge < -0.3 is 10.2 Å². The van der Waals surface area contributed by atoms with Gasteiger partial charge in [0, 0.05) is 37.5 Å². The number of nitrogens with zero attached hydrogens (tertiary/aromatic N) is 2. The lowest BCUT2D eigenvalue weighted by molar-refractivity contribution is -0.126. The molecular weight excluding hydrogens is 374 g/mol. The van der Waals surface area contributed by atoms with Crippen molar-refractivity contribution in [3.63, 3.8) is 0 Å². The van der Waals surface area contributed by atoms with E-state index in [1.54, 1.807) is 6.08 Å². The Morgan fingerprint density at radius 3 is 2.39 bits per heavy atom. The van der Waals surface area contributed by atoms with Gasteiger partial charge in [-0.3, -0.25) is 4.79 Å². The molecule has 7 heteroatoms. The van der Waals surface area contributed by atoms with Crippen molar-refractivity contribution in [2.75, 3.05) is 40.3 Å². The molecule has 0 spiro atoms. The maximum absolute atomic E-state index is 12.5. The Kier molecular flexibility index (Phi) is 7.80. The average Bonchev–Trinajstić information content (AvgIpc) is 2.64. The van der Waals surface area contributed by atoms with Crippen molar-refractivity contribution in [3.8, 4) is 0 Å². The Hall–Kier alpha value is -1.70. The van der Waals surface area contributed by atoms with E-state index in [2.05, 4.69) is 24.1 Å². The van der Waals surface area contributed by atoms with Crippen LogP contribution in [0.15, 0.2) is 35.7 Å². The smallest absolute Gasteiger partial charge is 0.236 e. The van der Waals surface area contributed by atoms with Gasteiger partial charge in [0.2, 0.25) is 15.9 Å². The van der Waals surface area contributed by atoms with Gasteiger partial charge in [-0.2, -0.15) is 4.31 Å². The molecule has 156 valence electrons. The fourth-order valence-electron chi connectivity index (χ4n) is 3.57. The molecule has 1 aliphatic heterocycles. The van der Waals surface area contributed by atoms with E-state index in [9.17, 15) is 13.2 Å². The molecule has 0 aromatic heterocycles. The number of benzene rings is 1. The molecule has 0 aliphatic carbocycles. The maximum atomic E-state index is 12.5. The molecule has 28 heavy (non-hydrogen) atoms. The predicted octanol–water partition coefficient (Wildman–Crippen LogP) is 2.40. The van der Waals surface area contributed by atoms with Crippen molar-refractivity contribution in [3.05, 3.63) is 41.3 Å².